The average Bonchev–Trinajstić information content (AvgIpc) is 3.01. The predicted molar refractivity (Wildman–Crippen MR) is 71.5 cm³/mol. The lowest BCUT2D eigenvalue weighted by molar-refractivity contribution is -0.151. The molecule has 2 heterocycles. The van der Waals surface area contributed by atoms with Gasteiger partial charge in [0.2, 0.25) is 0 Å². The van der Waals surface area contributed by atoms with Gasteiger partial charge in [0, 0.05) is 12.1 Å². The zero-order chi connectivity index (χ0) is 14.8. The van der Waals surface area contributed by atoms with Gasteiger partial charge in [-0.3, -0.25) is 4.79 Å². The summed E-state index contributed by atoms with van der Waals surface area (Å²) in [6.45, 7) is 0.880. The first-order valence-corrected chi connectivity index (χ1v) is 6.48. The zero-order valence-electron chi connectivity index (χ0n) is 11.4. The summed E-state index contributed by atoms with van der Waals surface area (Å²) in [7, 11) is 1.29. The van der Waals surface area contributed by atoms with Crippen LogP contribution in [-0.2, 0) is 14.3 Å². The normalized spacial score (nSPS) is 18.7. The summed E-state index contributed by atoms with van der Waals surface area (Å²) in [5.41, 5.74) is 1.73. The molecule has 8 heteroatoms. The van der Waals surface area contributed by atoms with Crippen LogP contribution in [0.4, 0.5) is 0 Å². The lowest BCUT2D eigenvalue weighted by Gasteiger charge is -2.33. The lowest BCUT2D eigenvalue weighted by Crippen LogP contribution is -2.53. The largest absolute Gasteiger partial charge is 0.467 e. The second-order valence-corrected chi connectivity index (χ2v) is 4.64. The Balaban J connectivity index is 1.89. The third kappa shape index (κ3) is 2.45. The van der Waals surface area contributed by atoms with Gasteiger partial charge in [0.05, 0.1) is 20.3 Å². The fraction of sp³-hybridized carbons (Fsp3) is 0.385. The minimum absolute atomic E-state index is 0.143. The van der Waals surface area contributed by atoms with Crippen molar-refractivity contribution in [1.29, 1.82) is 0 Å². The molecule has 0 radical (unpaired) electrons. The number of H-pyrrole nitrogens is 1. The summed E-state index contributed by atoms with van der Waals surface area (Å²) in [4.78, 5) is 25.8. The third-order valence-corrected chi connectivity index (χ3v) is 3.43. The summed E-state index contributed by atoms with van der Waals surface area (Å²) < 4.78 is 9.98. The number of benzene rings is 1. The van der Waals surface area contributed by atoms with E-state index in [-0.39, 0.29) is 12.5 Å². The number of ether oxygens (including phenoxy) is 2. The maximum absolute atomic E-state index is 12.6. The number of aromatic nitrogens is 3. The van der Waals surface area contributed by atoms with Gasteiger partial charge in [0.1, 0.15) is 11.0 Å². The van der Waals surface area contributed by atoms with Crippen LogP contribution in [0.2, 0.25) is 0 Å². The predicted octanol–water partition coefficient (Wildman–Crippen LogP) is -0.0281. The number of rotatable bonds is 2. The number of amides is 1. The highest BCUT2D eigenvalue weighted by Crippen LogP contribution is 2.16. The van der Waals surface area contributed by atoms with Gasteiger partial charge in [-0.1, -0.05) is 0 Å². The van der Waals surface area contributed by atoms with Crippen LogP contribution < -0.4 is 0 Å². The molecule has 3 rings (SSSR count). The van der Waals surface area contributed by atoms with Crippen LogP contribution in [0.25, 0.3) is 11.0 Å². The Morgan fingerprint density at radius 1 is 1.38 bits per heavy atom. The Morgan fingerprint density at radius 3 is 3.00 bits per heavy atom. The lowest BCUT2D eigenvalue weighted by atomic mass is 10.1. The van der Waals surface area contributed by atoms with Crippen LogP contribution in [-0.4, -0.2) is 65.1 Å². The molecule has 1 aromatic heterocycles. The molecule has 0 aliphatic carbocycles. The maximum Gasteiger partial charge on any atom is 0.331 e. The minimum atomic E-state index is -0.718. The SMILES string of the molecule is COC(=O)C1COCCN1C(=O)c1ccc2n[nH]nc2c1. The van der Waals surface area contributed by atoms with E-state index in [2.05, 4.69) is 15.4 Å². The van der Waals surface area contributed by atoms with Crippen LogP contribution in [0.3, 0.4) is 0 Å². The molecule has 1 saturated heterocycles. The van der Waals surface area contributed by atoms with Gasteiger partial charge in [-0.15, -0.1) is 0 Å². The van der Waals surface area contributed by atoms with Gasteiger partial charge >= 0.3 is 5.97 Å². The molecule has 1 unspecified atom stereocenters. The summed E-state index contributed by atoms with van der Waals surface area (Å²) in [6.07, 6.45) is 0. The first-order chi connectivity index (χ1) is 10.2. The van der Waals surface area contributed by atoms with Crippen molar-refractivity contribution in [3.8, 4) is 0 Å². The van der Waals surface area contributed by atoms with Crippen LogP contribution in [0, 0.1) is 0 Å². The van der Waals surface area contributed by atoms with Crippen LogP contribution in [0.15, 0.2) is 18.2 Å². The molecule has 1 N–H and O–H groups in total. The summed E-state index contributed by atoms with van der Waals surface area (Å²) >= 11 is 0. The van der Waals surface area contributed by atoms with Crippen molar-refractivity contribution >= 4 is 22.9 Å². The van der Waals surface area contributed by atoms with E-state index in [1.165, 1.54) is 12.0 Å². The van der Waals surface area contributed by atoms with Gasteiger partial charge in [-0.05, 0) is 18.2 Å². The van der Waals surface area contributed by atoms with Crippen molar-refractivity contribution in [3.63, 3.8) is 0 Å². The van der Waals surface area contributed by atoms with Gasteiger partial charge in [-0.2, -0.15) is 15.4 Å². The Bertz CT molecular complexity index is 684. The molecule has 1 aliphatic heterocycles. The number of fused-ring (bicyclic) bond motifs is 1. The Morgan fingerprint density at radius 2 is 2.19 bits per heavy atom. The highest BCUT2D eigenvalue weighted by molar-refractivity contribution is 5.99. The molecule has 110 valence electrons. The molecule has 1 aliphatic rings. The summed E-state index contributed by atoms with van der Waals surface area (Å²) in [5.74, 6) is -0.732. The van der Waals surface area contributed by atoms with E-state index >= 15 is 0 Å². The minimum Gasteiger partial charge on any atom is -0.467 e. The molecule has 0 spiro atoms. The molecular weight excluding hydrogens is 276 g/mol. The molecule has 8 nitrogen and oxygen atoms in total. The standard InChI is InChI=1S/C13H14N4O4/c1-20-13(19)11-7-21-5-4-17(11)12(18)8-2-3-9-10(6-8)15-16-14-9/h2-3,6,11H,4-5,7H2,1H3,(H,14,15,16). The quantitative estimate of drug-likeness (QED) is 0.780. The fourth-order valence-electron chi connectivity index (χ4n) is 2.32. The Hall–Kier alpha value is -2.48. The van der Waals surface area contributed by atoms with Crippen LogP contribution in [0.5, 0.6) is 0 Å². The van der Waals surface area contributed by atoms with E-state index in [1.54, 1.807) is 18.2 Å². The van der Waals surface area contributed by atoms with Gasteiger partial charge in [0.15, 0.2) is 6.04 Å². The van der Waals surface area contributed by atoms with Crippen molar-refractivity contribution in [2.75, 3.05) is 26.9 Å². The molecule has 0 bridgehead atoms. The molecule has 0 saturated carbocycles. The third-order valence-electron chi connectivity index (χ3n) is 3.43. The first kappa shape index (κ1) is 13.5. The van der Waals surface area contributed by atoms with E-state index in [4.69, 9.17) is 9.47 Å². The number of hydrogen-bond acceptors (Lipinski definition) is 6. The van der Waals surface area contributed by atoms with E-state index in [9.17, 15) is 9.59 Å². The van der Waals surface area contributed by atoms with Crippen molar-refractivity contribution < 1.29 is 19.1 Å². The van der Waals surface area contributed by atoms with Crippen molar-refractivity contribution in [3.05, 3.63) is 23.8 Å². The monoisotopic (exact) mass is 290 g/mol. The van der Waals surface area contributed by atoms with Crippen molar-refractivity contribution in [1.82, 2.24) is 20.3 Å². The van der Waals surface area contributed by atoms with Gasteiger partial charge in [0.25, 0.3) is 5.91 Å². The number of methoxy groups -OCH3 is 1. The molecule has 1 atom stereocenters. The van der Waals surface area contributed by atoms with Gasteiger partial charge in [-0.25, -0.2) is 4.79 Å². The molecule has 21 heavy (non-hydrogen) atoms. The van der Waals surface area contributed by atoms with Crippen LogP contribution >= 0.6 is 0 Å². The Labute approximate surface area is 120 Å². The fourth-order valence-corrected chi connectivity index (χ4v) is 2.32. The zero-order valence-corrected chi connectivity index (χ0v) is 11.4. The van der Waals surface area contributed by atoms with Crippen LogP contribution in [0.1, 0.15) is 10.4 Å². The molecule has 2 aromatic rings. The molecular formula is C13H14N4O4. The molecule has 1 fully saturated rings. The Kier molecular flexibility index (Phi) is 3.53. The highest BCUT2D eigenvalue weighted by Gasteiger charge is 2.34. The van der Waals surface area contributed by atoms with E-state index in [0.29, 0.717) is 29.7 Å². The van der Waals surface area contributed by atoms with E-state index in [0.717, 1.165) is 0 Å². The second-order valence-electron chi connectivity index (χ2n) is 4.64. The number of nitrogens with one attached hydrogen (secondary N) is 1. The number of nitrogens with zero attached hydrogens (tertiary/aromatic N) is 3. The first-order valence-electron chi connectivity index (χ1n) is 6.48. The van der Waals surface area contributed by atoms with Crippen molar-refractivity contribution in [2.24, 2.45) is 0 Å². The molecule has 1 amide bonds. The number of aromatic amines is 1. The van der Waals surface area contributed by atoms with E-state index in [1.807, 2.05) is 0 Å². The van der Waals surface area contributed by atoms with E-state index < -0.39 is 12.0 Å². The smallest absolute Gasteiger partial charge is 0.331 e. The highest BCUT2D eigenvalue weighted by atomic mass is 16.5. The maximum atomic E-state index is 12.6. The number of hydrogen-bond donors (Lipinski definition) is 1. The van der Waals surface area contributed by atoms with Crippen molar-refractivity contribution in [2.45, 2.75) is 6.04 Å². The topological polar surface area (TPSA) is 97.4 Å². The molecule has 1 aromatic carbocycles. The number of esters is 1. The number of morpholine rings is 1. The average molecular weight is 290 g/mol. The summed E-state index contributed by atoms with van der Waals surface area (Å²) in [5, 5.41) is 10.4. The van der Waals surface area contributed by atoms with Gasteiger partial charge < -0.3 is 14.4 Å². The second kappa shape index (κ2) is 5.49. The summed E-state index contributed by atoms with van der Waals surface area (Å²) in [6, 6.07) is 4.30. The number of carbonyl (C=O) groups excluding carboxylic acids is 2. The number of carbonyl (C=O) groups is 2.